The van der Waals surface area contributed by atoms with Gasteiger partial charge < -0.3 is 4.48 Å². The predicted molar refractivity (Wildman–Crippen MR) is 65.2 cm³/mol. The molecule has 0 spiro atoms. The first-order valence-electron chi connectivity index (χ1n) is 5.96. The summed E-state index contributed by atoms with van der Waals surface area (Å²) < 4.78 is 60.4. The van der Waals surface area contributed by atoms with E-state index in [0.717, 1.165) is 0 Å². The van der Waals surface area contributed by atoms with Crippen LogP contribution in [0.5, 0.6) is 0 Å². The summed E-state index contributed by atoms with van der Waals surface area (Å²) in [6, 6.07) is 0. The second-order valence-corrected chi connectivity index (χ2v) is 6.96. The molecule has 0 unspecified atom stereocenters. The van der Waals surface area contributed by atoms with E-state index in [9.17, 15) is 25.2 Å². The van der Waals surface area contributed by atoms with Gasteiger partial charge in [-0.2, -0.15) is 0 Å². The molecule has 18 heavy (non-hydrogen) atoms. The Bertz CT molecular complexity index is 210. The van der Waals surface area contributed by atoms with E-state index < -0.39 is 7.81 Å². The molecule has 0 aliphatic carbocycles. The number of halogens is 6. The van der Waals surface area contributed by atoms with Crippen molar-refractivity contribution in [3.05, 3.63) is 0 Å². The summed E-state index contributed by atoms with van der Waals surface area (Å²) in [5.74, 6) is 0. The van der Waals surface area contributed by atoms with E-state index in [1.807, 2.05) is 0 Å². The zero-order valence-corrected chi connectivity index (χ0v) is 12.3. The zero-order valence-electron chi connectivity index (χ0n) is 11.4. The van der Waals surface area contributed by atoms with Gasteiger partial charge in [-0.1, -0.05) is 26.7 Å². The molecule has 0 aliphatic heterocycles. The Labute approximate surface area is 105 Å². The van der Waals surface area contributed by atoms with Gasteiger partial charge in [-0.3, -0.25) is 0 Å². The number of hydrogen-bond donors (Lipinski definition) is 0. The molecule has 0 aromatic heterocycles. The van der Waals surface area contributed by atoms with Crippen molar-refractivity contribution in [1.29, 1.82) is 0 Å². The zero-order chi connectivity index (χ0) is 15.2. The summed E-state index contributed by atoms with van der Waals surface area (Å²) in [4.78, 5) is 0. The summed E-state index contributed by atoms with van der Waals surface area (Å²) in [5, 5.41) is 0. The molecular formula is C10H24F6NP. The Morgan fingerprint density at radius 3 is 1.11 bits per heavy atom. The van der Waals surface area contributed by atoms with Crippen LogP contribution in [0.4, 0.5) is 25.2 Å². The van der Waals surface area contributed by atoms with Gasteiger partial charge in [0.2, 0.25) is 0 Å². The van der Waals surface area contributed by atoms with Crippen LogP contribution in [0.25, 0.3) is 0 Å². The quantitative estimate of drug-likeness (QED) is 0.318. The summed E-state index contributed by atoms with van der Waals surface area (Å²) in [5.41, 5.74) is 0. The molecule has 8 heteroatoms. The Morgan fingerprint density at radius 2 is 0.944 bits per heavy atom. The molecule has 116 valence electrons. The van der Waals surface area contributed by atoms with Gasteiger partial charge in [-0.15, -0.1) is 0 Å². The van der Waals surface area contributed by atoms with Crippen LogP contribution in [-0.4, -0.2) is 31.7 Å². The van der Waals surface area contributed by atoms with Crippen molar-refractivity contribution < 1.29 is 29.7 Å². The third kappa shape index (κ3) is 36.0. The second kappa shape index (κ2) is 5.95. The third-order valence-electron chi connectivity index (χ3n) is 2.23. The molecule has 0 atom stereocenters. The van der Waals surface area contributed by atoms with Crippen LogP contribution in [0, 0.1) is 0 Å². The summed E-state index contributed by atoms with van der Waals surface area (Å²) in [7, 11) is -5.98. The van der Waals surface area contributed by atoms with Crippen LogP contribution in [0.1, 0.15) is 39.5 Å². The number of nitrogens with zero attached hydrogens (tertiary/aromatic N) is 1. The van der Waals surface area contributed by atoms with Gasteiger partial charge in [0.05, 0.1) is 27.2 Å². The third-order valence-corrected chi connectivity index (χ3v) is 2.23. The van der Waals surface area contributed by atoms with Crippen LogP contribution in [0.15, 0.2) is 0 Å². The van der Waals surface area contributed by atoms with Crippen molar-refractivity contribution in [2.75, 3.05) is 27.2 Å². The van der Waals surface area contributed by atoms with Crippen LogP contribution >= 0.6 is 7.81 Å². The number of hydrogen-bond acceptors (Lipinski definition) is 0. The maximum atomic E-state index is 9.87. The van der Waals surface area contributed by atoms with E-state index in [1.54, 1.807) is 0 Å². The fourth-order valence-corrected chi connectivity index (χ4v) is 1.28. The minimum atomic E-state index is -10.7. The molecule has 0 heterocycles. The molecule has 0 saturated carbocycles. The number of quaternary nitrogens is 1. The first kappa shape index (κ1) is 20.3. The Kier molecular flexibility index (Phi) is 6.71. The van der Waals surface area contributed by atoms with Crippen molar-refractivity contribution in [2.24, 2.45) is 0 Å². The van der Waals surface area contributed by atoms with Gasteiger partial charge in [0.1, 0.15) is 0 Å². The van der Waals surface area contributed by atoms with Crippen molar-refractivity contribution in [2.45, 2.75) is 39.5 Å². The molecule has 0 amide bonds. The van der Waals surface area contributed by atoms with Crippen LogP contribution in [0.2, 0.25) is 0 Å². The van der Waals surface area contributed by atoms with Crippen LogP contribution in [0.3, 0.4) is 0 Å². The SMILES string of the molecule is CCCC[N+](C)(C)CCCC.F[P-](F)(F)(F)(F)F. The van der Waals surface area contributed by atoms with Gasteiger partial charge in [0.15, 0.2) is 0 Å². The van der Waals surface area contributed by atoms with Gasteiger partial charge in [0.25, 0.3) is 0 Å². The minimum absolute atomic E-state index is 1.21. The monoisotopic (exact) mass is 303 g/mol. The summed E-state index contributed by atoms with van der Waals surface area (Å²) >= 11 is 0. The van der Waals surface area contributed by atoms with Gasteiger partial charge in [-0.25, -0.2) is 0 Å². The standard InChI is InChI=1S/C10H24N.F6P/c1-5-7-9-11(3,4)10-8-6-2;1-7(2,3,4,5)6/h5-10H2,1-4H3;/q+1;-1. The molecule has 0 N–H and O–H groups in total. The average Bonchev–Trinajstić information content (AvgIpc) is 2.06. The molecule has 0 fully saturated rings. The normalized spacial score (nSPS) is 16.3. The average molecular weight is 303 g/mol. The maximum absolute atomic E-state index is 10.7. The van der Waals surface area contributed by atoms with E-state index in [2.05, 4.69) is 27.9 Å². The number of rotatable bonds is 6. The van der Waals surface area contributed by atoms with Crippen LogP contribution < -0.4 is 0 Å². The van der Waals surface area contributed by atoms with Gasteiger partial charge >= 0.3 is 33.0 Å². The molecule has 0 aromatic rings. The van der Waals surface area contributed by atoms with E-state index in [0.29, 0.717) is 0 Å². The van der Waals surface area contributed by atoms with Crippen molar-refractivity contribution in [3.63, 3.8) is 0 Å². The van der Waals surface area contributed by atoms with Gasteiger partial charge in [-0.05, 0) is 12.8 Å². The topological polar surface area (TPSA) is 0 Å². The Balaban J connectivity index is 0. The van der Waals surface area contributed by atoms with Crippen molar-refractivity contribution in [3.8, 4) is 0 Å². The first-order chi connectivity index (χ1) is 7.57. The molecule has 0 aliphatic rings. The van der Waals surface area contributed by atoms with E-state index in [4.69, 9.17) is 0 Å². The molecule has 0 aromatic carbocycles. The molecule has 1 nitrogen and oxygen atoms in total. The summed E-state index contributed by atoms with van der Waals surface area (Å²) in [6.45, 7) is 7.21. The number of unbranched alkanes of at least 4 members (excludes halogenated alkanes) is 2. The van der Waals surface area contributed by atoms with E-state index in [1.165, 1.54) is 43.3 Å². The van der Waals surface area contributed by atoms with E-state index >= 15 is 0 Å². The molecule has 0 saturated heterocycles. The van der Waals surface area contributed by atoms with E-state index in [-0.39, 0.29) is 0 Å². The molecule has 0 bridgehead atoms. The van der Waals surface area contributed by atoms with Crippen molar-refractivity contribution in [1.82, 2.24) is 0 Å². The predicted octanol–water partition coefficient (Wildman–Crippen LogP) is 6.05. The fraction of sp³-hybridized carbons (Fsp3) is 1.00. The summed E-state index contributed by atoms with van der Waals surface area (Å²) in [6.07, 6.45) is 5.40. The Hall–Kier alpha value is -0.0300. The van der Waals surface area contributed by atoms with Crippen molar-refractivity contribution >= 4 is 7.81 Å². The van der Waals surface area contributed by atoms with Crippen LogP contribution in [-0.2, 0) is 0 Å². The second-order valence-electron chi connectivity index (χ2n) is 5.05. The molecule has 0 radical (unpaired) electrons. The first-order valence-corrected chi connectivity index (χ1v) is 7.98. The Morgan fingerprint density at radius 1 is 0.722 bits per heavy atom. The fourth-order valence-electron chi connectivity index (χ4n) is 1.28. The molecular weight excluding hydrogens is 279 g/mol. The molecule has 0 rings (SSSR count). The van der Waals surface area contributed by atoms with Gasteiger partial charge in [0, 0.05) is 0 Å².